The van der Waals surface area contributed by atoms with E-state index in [1.807, 2.05) is 42.5 Å². The van der Waals surface area contributed by atoms with Crippen LogP contribution in [0.4, 0.5) is 5.95 Å². The summed E-state index contributed by atoms with van der Waals surface area (Å²) in [5.41, 5.74) is 8.56. The molecule has 0 saturated heterocycles. The van der Waals surface area contributed by atoms with Gasteiger partial charge in [-0.2, -0.15) is 0 Å². The predicted octanol–water partition coefficient (Wildman–Crippen LogP) is 1.99. The Morgan fingerprint density at radius 1 is 0.857 bits per heavy atom. The first kappa shape index (κ1) is 13.5. The molecule has 0 atom stereocenters. The van der Waals surface area contributed by atoms with E-state index in [1.54, 1.807) is 0 Å². The fraction of sp³-hybridized carbons (Fsp3) is 0.188. The Bertz CT molecular complexity index is 714. The summed E-state index contributed by atoms with van der Waals surface area (Å²) in [6, 6.07) is 17.9. The molecule has 0 bridgehead atoms. The van der Waals surface area contributed by atoms with E-state index in [9.17, 15) is 0 Å². The summed E-state index contributed by atoms with van der Waals surface area (Å²) in [6.07, 6.45) is 0. The number of hydrogen-bond acceptors (Lipinski definition) is 5. The largest absolute Gasteiger partial charge is 0.334 e. The van der Waals surface area contributed by atoms with Crippen LogP contribution in [-0.2, 0) is 6.54 Å². The maximum atomic E-state index is 5.72. The van der Waals surface area contributed by atoms with Crippen molar-refractivity contribution in [3.05, 3.63) is 60.2 Å². The molecule has 0 aliphatic rings. The fourth-order valence-corrected chi connectivity index (χ4v) is 2.22. The Hall–Kier alpha value is -2.53. The van der Waals surface area contributed by atoms with Gasteiger partial charge < -0.3 is 10.6 Å². The highest BCUT2D eigenvalue weighted by Gasteiger charge is 2.11. The van der Waals surface area contributed by atoms with E-state index in [0.29, 0.717) is 19.0 Å². The molecule has 0 radical (unpaired) electrons. The summed E-state index contributed by atoms with van der Waals surface area (Å²) in [6.45, 7) is 1.95. The molecule has 2 N–H and O–H groups in total. The molecule has 3 aromatic rings. The van der Waals surface area contributed by atoms with Gasteiger partial charge in [0, 0.05) is 19.6 Å². The second-order valence-electron chi connectivity index (χ2n) is 4.80. The van der Waals surface area contributed by atoms with Gasteiger partial charge in [0.05, 0.1) is 5.52 Å². The van der Waals surface area contributed by atoms with E-state index in [0.717, 1.165) is 17.6 Å². The fourth-order valence-electron chi connectivity index (χ4n) is 2.22. The second-order valence-corrected chi connectivity index (χ2v) is 4.80. The highest BCUT2D eigenvalue weighted by Crippen LogP contribution is 2.14. The van der Waals surface area contributed by atoms with Crippen LogP contribution in [-0.4, -0.2) is 28.3 Å². The van der Waals surface area contributed by atoms with Gasteiger partial charge in [0.2, 0.25) is 5.95 Å². The van der Waals surface area contributed by atoms with Gasteiger partial charge in [-0.05, 0) is 17.7 Å². The minimum atomic E-state index is 0.545. The standard InChI is InChI=1S/C16H17N5/c17-10-11-21(12-13-6-2-1-3-7-13)16-18-14-8-4-5-9-15(14)19-20-16/h1-9H,10-12,17H2. The van der Waals surface area contributed by atoms with Crippen molar-refractivity contribution in [3.63, 3.8) is 0 Å². The number of anilines is 1. The lowest BCUT2D eigenvalue weighted by Gasteiger charge is -2.21. The monoisotopic (exact) mass is 279 g/mol. The van der Waals surface area contributed by atoms with E-state index in [1.165, 1.54) is 5.56 Å². The molecular formula is C16H17N5. The molecule has 0 aliphatic carbocycles. The van der Waals surface area contributed by atoms with Crippen molar-refractivity contribution in [2.24, 2.45) is 5.73 Å². The maximum absolute atomic E-state index is 5.72. The van der Waals surface area contributed by atoms with E-state index in [2.05, 4.69) is 32.2 Å². The van der Waals surface area contributed by atoms with Crippen LogP contribution in [0.3, 0.4) is 0 Å². The van der Waals surface area contributed by atoms with Gasteiger partial charge in [0.25, 0.3) is 0 Å². The quantitative estimate of drug-likeness (QED) is 0.773. The number of hydrogen-bond donors (Lipinski definition) is 1. The van der Waals surface area contributed by atoms with Crippen molar-refractivity contribution in [2.45, 2.75) is 6.54 Å². The van der Waals surface area contributed by atoms with Gasteiger partial charge in [-0.25, -0.2) is 4.98 Å². The van der Waals surface area contributed by atoms with Crippen LogP contribution in [0.2, 0.25) is 0 Å². The SMILES string of the molecule is NCCN(Cc1ccccc1)c1nnc2ccccc2n1. The Labute approximate surface area is 123 Å². The van der Waals surface area contributed by atoms with Crippen molar-refractivity contribution < 1.29 is 0 Å². The first-order valence-electron chi connectivity index (χ1n) is 6.95. The lowest BCUT2D eigenvalue weighted by atomic mass is 10.2. The molecular weight excluding hydrogens is 262 g/mol. The van der Waals surface area contributed by atoms with Gasteiger partial charge >= 0.3 is 0 Å². The highest BCUT2D eigenvalue weighted by atomic mass is 15.3. The zero-order valence-electron chi connectivity index (χ0n) is 11.7. The second kappa shape index (κ2) is 6.28. The molecule has 21 heavy (non-hydrogen) atoms. The number of benzene rings is 2. The summed E-state index contributed by atoms with van der Waals surface area (Å²) in [7, 11) is 0. The number of rotatable bonds is 5. The third kappa shape index (κ3) is 3.14. The lowest BCUT2D eigenvalue weighted by molar-refractivity contribution is 0.749. The molecule has 0 spiro atoms. The Morgan fingerprint density at radius 2 is 1.57 bits per heavy atom. The maximum Gasteiger partial charge on any atom is 0.246 e. The van der Waals surface area contributed by atoms with Crippen LogP contribution in [0.25, 0.3) is 11.0 Å². The minimum absolute atomic E-state index is 0.545. The Morgan fingerprint density at radius 3 is 2.33 bits per heavy atom. The van der Waals surface area contributed by atoms with Gasteiger partial charge in [0.15, 0.2) is 0 Å². The molecule has 0 aliphatic heterocycles. The minimum Gasteiger partial charge on any atom is -0.334 e. The first-order valence-corrected chi connectivity index (χ1v) is 6.95. The van der Waals surface area contributed by atoms with Crippen LogP contribution in [0, 0.1) is 0 Å². The zero-order chi connectivity index (χ0) is 14.5. The summed E-state index contributed by atoms with van der Waals surface area (Å²) in [5, 5.41) is 8.46. The van der Waals surface area contributed by atoms with Gasteiger partial charge in [-0.15, -0.1) is 10.2 Å². The third-order valence-corrected chi connectivity index (χ3v) is 3.25. The molecule has 5 nitrogen and oxygen atoms in total. The van der Waals surface area contributed by atoms with E-state index in [4.69, 9.17) is 5.73 Å². The summed E-state index contributed by atoms with van der Waals surface area (Å²) in [5.74, 6) is 0.614. The predicted molar refractivity (Wildman–Crippen MR) is 83.9 cm³/mol. The van der Waals surface area contributed by atoms with Crippen molar-refractivity contribution >= 4 is 17.0 Å². The van der Waals surface area contributed by atoms with E-state index >= 15 is 0 Å². The first-order chi connectivity index (χ1) is 10.4. The van der Waals surface area contributed by atoms with Crippen LogP contribution in [0.1, 0.15) is 5.56 Å². The van der Waals surface area contributed by atoms with Gasteiger partial charge in [-0.1, -0.05) is 42.5 Å². The molecule has 0 fully saturated rings. The van der Waals surface area contributed by atoms with Crippen LogP contribution in [0.5, 0.6) is 0 Å². The van der Waals surface area contributed by atoms with Crippen molar-refractivity contribution in [1.29, 1.82) is 0 Å². The van der Waals surface area contributed by atoms with Crippen molar-refractivity contribution in [3.8, 4) is 0 Å². The average molecular weight is 279 g/mol. The molecule has 1 heterocycles. The Balaban J connectivity index is 1.91. The molecule has 106 valence electrons. The molecule has 0 saturated carbocycles. The average Bonchev–Trinajstić information content (AvgIpc) is 2.55. The molecule has 1 aromatic heterocycles. The summed E-state index contributed by atoms with van der Waals surface area (Å²) >= 11 is 0. The summed E-state index contributed by atoms with van der Waals surface area (Å²) < 4.78 is 0. The topological polar surface area (TPSA) is 67.9 Å². The van der Waals surface area contributed by atoms with Gasteiger partial charge in [-0.3, -0.25) is 0 Å². The zero-order valence-corrected chi connectivity index (χ0v) is 11.7. The third-order valence-electron chi connectivity index (χ3n) is 3.25. The highest BCUT2D eigenvalue weighted by molar-refractivity contribution is 5.74. The Kier molecular flexibility index (Phi) is 4.02. The van der Waals surface area contributed by atoms with Crippen molar-refractivity contribution in [2.75, 3.05) is 18.0 Å². The smallest absolute Gasteiger partial charge is 0.246 e. The van der Waals surface area contributed by atoms with E-state index in [-0.39, 0.29) is 0 Å². The number of nitrogens with two attached hydrogens (primary N) is 1. The van der Waals surface area contributed by atoms with Gasteiger partial charge in [0.1, 0.15) is 5.52 Å². The molecule has 2 aromatic carbocycles. The summed E-state index contributed by atoms with van der Waals surface area (Å²) in [4.78, 5) is 6.64. The van der Waals surface area contributed by atoms with Crippen LogP contribution in [0.15, 0.2) is 54.6 Å². The number of para-hydroxylation sites is 1. The number of aromatic nitrogens is 3. The molecule has 5 heteroatoms. The number of fused-ring (bicyclic) bond motifs is 1. The molecule has 3 rings (SSSR count). The van der Waals surface area contributed by atoms with Crippen LogP contribution >= 0.6 is 0 Å². The molecule has 0 amide bonds. The number of nitrogens with zero attached hydrogens (tertiary/aromatic N) is 4. The molecule has 0 unspecified atom stereocenters. The van der Waals surface area contributed by atoms with Crippen LogP contribution < -0.4 is 10.6 Å². The lowest BCUT2D eigenvalue weighted by Crippen LogP contribution is -2.30. The normalized spacial score (nSPS) is 10.7. The van der Waals surface area contributed by atoms with Crippen molar-refractivity contribution in [1.82, 2.24) is 15.2 Å². The van der Waals surface area contributed by atoms with E-state index < -0.39 is 0 Å².